The van der Waals surface area contributed by atoms with Gasteiger partial charge in [-0.2, -0.15) is 0 Å². The van der Waals surface area contributed by atoms with Gasteiger partial charge in [0.05, 0.1) is 6.10 Å². The Labute approximate surface area is 83.3 Å². The first-order valence-electron chi connectivity index (χ1n) is 4.27. The van der Waals surface area contributed by atoms with E-state index in [4.69, 9.17) is 17.3 Å². The molecular formula is C10H14ClNO. The molecule has 0 aliphatic rings. The summed E-state index contributed by atoms with van der Waals surface area (Å²) in [6, 6.07) is 9.55. The molecule has 0 unspecified atom stereocenters. The zero-order chi connectivity index (χ0) is 9.68. The van der Waals surface area contributed by atoms with E-state index in [0.29, 0.717) is 6.42 Å². The maximum atomic E-state index is 9.33. The fraction of sp³-hybridized carbons (Fsp3) is 0.400. The highest BCUT2D eigenvalue weighted by atomic mass is 35.5. The number of benzene rings is 1. The minimum absolute atomic E-state index is 0.188. The first-order chi connectivity index (χ1) is 6.24. The number of halogens is 1. The van der Waals surface area contributed by atoms with Crippen LogP contribution >= 0.6 is 11.6 Å². The maximum absolute atomic E-state index is 9.33. The second-order valence-corrected chi connectivity index (χ2v) is 3.38. The monoisotopic (exact) mass is 199 g/mol. The molecule has 0 bridgehead atoms. The molecule has 72 valence electrons. The molecule has 0 heterocycles. The normalized spacial score (nSPS) is 15.3. The van der Waals surface area contributed by atoms with Gasteiger partial charge in [0.25, 0.3) is 0 Å². The van der Waals surface area contributed by atoms with Crippen molar-refractivity contribution >= 4 is 11.6 Å². The van der Waals surface area contributed by atoms with Crippen LogP contribution in [0, 0.1) is 0 Å². The Morgan fingerprint density at radius 2 is 1.92 bits per heavy atom. The van der Waals surface area contributed by atoms with Crippen LogP contribution in [-0.4, -0.2) is 23.1 Å². The number of rotatable bonds is 4. The smallest absolute Gasteiger partial charge is 0.0829 e. The molecule has 1 rings (SSSR count). The van der Waals surface area contributed by atoms with Crippen molar-refractivity contribution in [3.63, 3.8) is 0 Å². The Morgan fingerprint density at radius 1 is 1.31 bits per heavy atom. The minimum atomic E-state index is -0.623. The van der Waals surface area contributed by atoms with Crippen LogP contribution in [-0.2, 0) is 6.42 Å². The van der Waals surface area contributed by atoms with Crippen LogP contribution in [0.4, 0.5) is 0 Å². The molecule has 0 aliphatic carbocycles. The van der Waals surface area contributed by atoms with E-state index in [1.807, 2.05) is 30.3 Å². The van der Waals surface area contributed by atoms with E-state index in [1.165, 1.54) is 0 Å². The van der Waals surface area contributed by atoms with Crippen molar-refractivity contribution in [1.29, 1.82) is 0 Å². The van der Waals surface area contributed by atoms with Crippen LogP contribution in [0.1, 0.15) is 5.56 Å². The first-order valence-corrected chi connectivity index (χ1v) is 4.81. The van der Waals surface area contributed by atoms with Crippen molar-refractivity contribution in [2.24, 2.45) is 5.73 Å². The van der Waals surface area contributed by atoms with E-state index < -0.39 is 6.10 Å². The number of aliphatic hydroxyl groups excluding tert-OH is 1. The predicted molar refractivity (Wildman–Crippen MR) is 54.8 cm³/mol. The molecule has 0 saturated heterocycles. The summed E-state index contributed by atoms with van der Waals surface area (Å²) >= 11 is 5.48. The van der Waals surface area contributed by atoms with Gasteiger partial charge in [0, 0.05) is 11.9 Å². The molecule has 1 aromatic rings. The Morgan fingerprint density at radius 3 is 2.46 bits per heavy atom. The summed E-state index contributed by atoms with van der Waals surface area (Å²) in [6.45, 7) is 0. The zero-order valence-electron chi connectivity index (χ0n) is 7.36. The number of nitrogens with two attached hydrogens (primary N) is 1. The van der Waals surface area contributed by atoms with Gasteiger partial charge in [-0.25, -0.2) is 0 Å². The summed E-state index contributed by atoms with van der Waals surface area (Å²) in [5, 5.41) is 9.33. The summed E-state index contributed by atoms with van der Waals surface area (Å²) in [5.74, 6) is 0.188. The van der Waals surface area contributed by atoms with Crippen molar-refractivity contribution in [3.05, 3.63) is 35.9 Å². The lowest BCUT2D eigenvalue weighted by atomic mass is 10.0. The average Bonchev–Trinajstić information content (AvgIpc) is 2.18. The Hall–Kier alpha value is -0.570. The number of hydrogen-bond donors (Lipinski definition) is 2. The van der Waals surface area contributed by atoms with Crippen LogP contribution in [0.25, 0.3) is 0 Å². The van der Waals surface area contributed by atoms with E-state index in [1.54, 1.807) is 0 Å². The van der Waals surface area contributed by atoms with Crippen LogP contribution in [0.5, 0.6) is 0 Å². The quantitative estimate of drug-likeness (QED) is 0.715. The van der Waals surface area contributed by atoms with Crippen LogP contribution in [0.2, 0.25) is 0 Å². The summed E-state index contributed by atoms with van der Waals surface area (Å²) < 4.78 is 0. The summed E-state index contributed by atoms with van der Waals surface area (Å²) in [5.41, 5.74) is 6.85. The molecular weight excluding hydrogens is 186 g/mol. The van der Waals surface area contributed by atoms with Crippen molar-refractivity contribution in [2.45, 2.75) is 18.6 Å². The molecule has 0 aliphatic heterocycles. The van der Waals surface area contributed by atoms with E-state index >= 15 is 0 Å². The van der Waals surface area contributed by atoms with Crippen molar-refractivity contribution in [2.75, 3.05) is 5.88 Å². The van der Waals surface area contributed by atoms with E-state index in [-0.39, 0.29) is 11.9 Å². The average molecular weight is 200 g/mol. The lowest BCUT2D eigenvalue weighted by Crippen LogP contribution is -2.37. The lowest BCUT2D eigenvalue weighted by molar-refractivity contribution is 0.166. The molecule has 2 nitrogen and oxygen atoms in total. The molecule has 0 aromatic heterocycles. The Balaban J connectivity index is 2.50. The zero-order valence-corrected chi connectivity index (χ0v) is 8.11. The van der Waals surface area contributed by atoms with Gasteiger partial charge < -0.3 is 10.8 Å². The third kappa shape index (κ3) is 3.35. The molecule has 2 atom stereocenters. The summed E-state index contributed by atoms with van der Waals surface area (Å²) in [4.78, 5) is 0. The second-order valence-electron chi connectivity index (χ2n) is 3.08. The standard InChI is InChI=1S/C10H14ClNO/c11-7-10(13)9(12)6-8-4-2-1-3-5-8/h1-5,9-10,13H,6-7,12H2/t9-,10-/m1/s1. The molecule has 0 radical (unpaired) electrons. The topological polar surface area (TPSA) is 46.2 Å². The molecule has 0 saturated carbocycles. The summed E-state index contributed by atoms with van der Waals surface area (Å²) in [6.07, 6.45) is 0.0382. The van der Waals surface area contributed by atoms with Gasteiger partial charge in [-0.3, -0.25) is 0 Å². The van der Waals surface area contributed by atoms with Crippen molar-refractivity contribution in [1.82, 2.24) is 0 Å². The van der Waals surface area contributed by atoms with Gasteiger partial charge >= 0.3 is 0 Å². The number of alkyl halides is 1. The second kappa shape index (κ2) is 5.22. The van der Waals surface area contributed by atoms with Gasteiger partial charge in [-0.1, -0.05) is 30.3 Å². The van der Waals surface area contributed by atoms with Crippen LogP contribution in [0.3, 0.4) is 0 Å². The predicted octanol–water partition coefficient (Wildman–Crippen LogP) is 1.16. The van der Waals surface area contributed by atoms with E-state index in [2.05, 4.69) is 0 Å². The molecule has 3 heteroatoms. The SMILES string of the molecule is N[C@H](Cc1ccccc1)[C@H](O)CCl. The third-order valence-electron chi connectivity index (χ3n) is 1.97. The Bertz CT molecular complexity index is 240. The fourth-order valence-electron chi connectivity index (χ4n) is 1.14. The van der Waals surface area contributed by atoms with Crippen molar-refractivity contribution in [3.8, 4) is 0 Å². The van der Waals surface area contributed by atoms with Gasteiger partial charge in [-0.05, 0) is 12.0 Å². The molecule has 1 aromatic carbocycles. The highest BCUT2D eigenvalue weighted by Gasteiger charge is 2.13. The van der Waals surface area contributed by atoms with Gasteiger partial charge in [0.15, 0.2) is 0 Å². The molecule has 3 N–H and O–H groups in total. The number of hydrogen-bond acceptors (Lipinski definition) is 2. The lowest BCUT2D eigenvalue weighted by Gasteiger charge is -2.15. The molecule has 0 fully saturated rings. The fourth-order valence-corrected chi connectivity index (χ4v) is 1.37. The van der Waals surface area contributed by atoms with Gasteiger partial charge in [0.1, 0.15) is 0 Å². The number of aliphatic hydroxyl groups is 1. The third-order valence-corrected chi connectivity index (χ3v) is 2.28. The highest BCUT2D eigenvalue weighted by Crippen LogP contribution is 2.05. The maximum Gasteiger partial charge on any atom is 0.0829 e. The first kappa shape index (κ1) is 10.5. The minimum Gasteiger partial charge on any atom is -0.390 e. The molecule has 0 spiro atoms. The van der Waals surface area contributed by atoms with Crippen LogP contribution in [0.15, 0.2) is 30.3 Å². The van der Waals surface area contributed by atoms with Crippen LogP contribution < -0.4 is 5.73 Å². The van der Waals surface area contributed by atoms with E-state index in [9.17, 15) is 5.11 Å². The largest absolute Gasteiger partial charge is 0.390 e. The van der Waals surface area contributed by atoms with E-state index in [0.717, 1.165) is 5.56 Å². The summed E-state index contributed by atoms with van der Waals surface area (Å²) in [7, 11) is 0. The Kier molecular flexibility index (Phi) is 4.22. The highest BCUT2D eigenvalue weighted by molar-refractivity contribution is 6.18. The van der Waals surface area contributed by atoms with Gasteiger partial charge in [-0.15, -0.1) is 11.6 Å². The van der Waals surface area contributed by atoms with Crippen molar-refractivity contribution < 1.29 is 5.11 Å². The van der Waals surface area contributed by atoms with Gasteiger partial charge in [0.2, 0.25) is 0 Å². The molecule has 13 heavy (non-hydrogen) atoms. The molecule has 0 amide bonds.